The number of carbonyl (C=O) groups is 1. The lowest BCUT2D eigenvalue weighted by atomic mass is 9.85. The van der Waals surface area contributed by atoms with Crippen LogP contribution in [0.1, 0.15) is 37.2 Å². The average molecular weight is 318 g/mol. The summed E-state index contributed by atoms with van der Waals surface area (Å²) in [6.45, 7) is 0.146. The summed E-state index contributed by atoms with van der Waals surface area (Å²) in [5.74, 6) is 1.14. The van der Waals surface area contributed by atoms with Gasteiger partial charge in [0.15, 0.2) is 0 Å². The van der Waals surface area contributed by atoms with Crippen molar-refractivity contribution in [1.29, 1.82) is 0 Å². The molecule has 0 radical (unpaired) electrons. The maximum Gasteiger partial charge on any atom is 0.315 e. The van der Waals surface area contributed by atoms with Crippen LogP contribution in [0.15, 0.2) is 24.3 Å². The summed E-state index contributed by atoms with van der Waals surface area (Å²) in [5.41, 5.74) is 0.686. The van der Waals surface area contributed by atoms with Gasteiger partial charge in [0.05, 0.1) is 0 Å². The van der Waals surface area contributed by atoms with Crippen LogP contribution in [0.5, 0.6) is 0 Å². The number of hydrogen-bond acceptors (Lipinski definition) is 2. The van der Waals surface area contributed by atoms with E-state index >= 15 is 0 Å². The maximum absolute atomic E-state index is 13.8. The third-order valence-corrected chi connectivity index (χ3v) is 6.01. The second-order valence-corrected chi connectivity index (χ2v) is 7.29. The quantitative estimate of drug-likeness (QED) is 0.798. The molecule has 6 atom stereocenters. The van der Waals surface area contributed by atoms with Crippen LogP contribution in [0.4, 0.5) is 9.18 Å². The van der Waals surface area contributed by atoms with E-state index < -0.39 is 0 Å². The van der Waals surface area contributed by atoms with E-state index in [-0.39, 0.29) is 42.4 Å². The summed E-state index contributed by atoms with van der Waals surface area (Å²) < 4.78 is 13.8. The first-order valence-electron chi connectivity index (χ1n) is 8.59. The lowest BCUT2D eigenvalue weighted by molar-refractivity contribution is 0.144. The monoisotopic (exact) mass is 318 g/mol. The van der Waals surface area contributed by atoms with Gasteiger partial charge in [-0.15, -0.1) is 0 Å². The van der Waals surface area contributed by atoms with Crippen molar-refractivity contribution in [3.8, 4) is 0 Å². The summed E-state index contributed by atoms with van der Waals surface area (Å²) in [4.78, 5) is 12.3. The molecule has 0 aromatic heterocycles. The first-order chi connectivity index (χ1) is 11.2. The van der Waals surface area contributed by atoms with Crippen LogP contribution in [-0.2, 0) is 0 Å². The van der Waals surface area contributed by atoms with Gasteiger partial charge in [0.2, 0.25) is 0 Å². The minimum absolute atomic E-state index is 0.0121. The van der Waals surface area contributed by atoms with Gasteiger partial charge in [0.1, 0.15) is 5.82 Å². The Balaban J connectivity index is 1.33. The second-order valence-electron chi connectivity index (χ2n) is 7.29. The molecule has 5 heteroatoms. The van der Waals surface area contributed by atoms with Crippen LogP contribution in [0.25, 0.3) is 0 Å². The van der Waals surface area contributed by atoms with Gasteiger partial charge in [-0.05, 0) is 49.1 Å². The van der Waals surface area contributed by atoms with Crippen molar-refractivity contribution in [3.05, 3.63) is 35.6 Å². The number of fused-ring (bicyclic) bond motifs is 2. The number of benzene rings is 1. The third kappa shape index (κ3) is 2.71. The molecule has 0 spiro atoms. The van der Waals surface area contributed by atoms with E-state index in [0.29, 0.717) is 17.4 Å². The van der Waals surface area contributed by atoms with Gasteiger partial charge in [0, 0.05) is 30.5 Å². The first kappa shape index (κ1) is 14.9. The largest absolute Gasteiger partial charge is 0.396 e. The maximum atomic E-state index is 13.8. The Morgan fingerprint density at radius 1 is 1.17 bits per heavy atom. The van der Waals surface area contributed by atoms with Gasteiger partial charge in [-0.3, -0.25) is 0 Å². The molecule has 124 valence electrons. The Bertz CT molecular complexity index is 608. The molecule has 3 saturated carbocycles. The molecule has 3 aliphatic rings. The van der Waals surface area contributed by atoms with E-state index in [1.54, 1.807) is 12.1 Å². The molecule has 4 rings (SSSR count). The van der Waals surface area contributed by atoms with Gasteiger partial charge in [-0.2, -0.15) is 0 Å². The molecule has 0 saturated heterocycles. The van der Waals surface area contributed by atoms with Crippen molar-refractivity contribution in [2.24, 2.45) is 17.8 Å². The van der Waals surface area contributed by atoms with Crippen LogP contribution in [-0.4, -0.2) is 29.8 Å². The van der Waals surface area contributed by atoms with Gasteiger partial charge >= 0.3 is 6.03 Å². The summed E-state index contributed by atoms with van der Waals surface area (Å²) >= 11 is 0. The molecule has 3 fully saturated rings. The molecule has 23 heavy (non-hydrogen) atoms. The predicted molar refractivity (Wildman–Crippen MR) is 84.4 cm³/mol. The zero-order chi connectivity index (χ0) is 16.0. The van der Waals surface area contributed by atoms with Gasteiger partial charge in [0.25, 0.3) is 0 Å². The zero-order valence-electron chi connectivity index (χ0n) is 13.0. The highest BCUT2D eigenvalue weighted by atomic mass is 19.1. The highest BCUT2D eigenvalue weighted by molar-refractivity contribution is 5.75. The second kappa shape index (κ2) is 5.78. The van der Waals surface area contributed by atoms with Crippen molar-refractivity contribution in [3.63, 3.8) is 0 Å². The first-order valence-corrected chi connectivity index (χ1v) is 8.59. The smallest absolute Gasteiger partial charge is 0.315 e. The van der Waals surface area contributed by atoms with Crippen molar-refractivity contribution in [2.45, 2.75) is 43.7 Å². The number of hydrogen-bond donors (Lipinski definition) is 3. The minimum Gasteiger partial charge on any atom is -0.396 e. The Labute approximate surface area is 135 Å². The van der Waals surface area contributed by atoms with Gasteiger partial charge in [-0.25, -0.2) is 9.18 Å². The van der Waals surface area contributed by atoms with Crippen molar-refractivity contribution >= 4 is 6.03 Å². The van der Waals surface area contributed by atoms with Crippen LogP contribution in [0.2, 0.25) is 0 Å². The highest BCUT2D eigenvalue weighted by Gasteiger charge is 2.48. The lowest BCUT2D eigenvalue weighted by Crippen LogP contribution is -2.49. The molecule has 3 N–H and O–H groups in total. The zero-order valence-corrected chi connectivity index (χ0v) is 13.0. The molecule has 3 aliphatic carbocycles. The van der Waals surface area contributed by atoms with Crippen LogP contribution in [0.3, 0.4) is 0 Å². The molecular weight excluding hydrogens is 295 g/mol. The molecule has 1 aromatic carbocycles. The molecule has 2 amide bonds. The molecular formula is C18H23FN2O2. The molecule has 4 nitrogen and oxygen atoms in total. The number of halogens is 1. The van der Waals surface area contributed by atoms with E-state index in [1.165, 1.54) is 12.5 Å². The number of aliphatic hydroxyl groups is 1. The summed E-state index contributed by atoms with van der Waals surface area (Å²) in [6.07, 6.45) is 4.23. The van der Waals surface area contributed by atoms with Crippen LogP contribution < -0.4 is 10.6 Å². The van der Waals surface area contributed by atoms with Gasteiger partial charge in [-0.1, -0.05) is 18.2 Å². The summed E-state index contributed by atoms with van der Waals surface area (Å²) in [7, 11) is 0. The number of nitrogens with one attached hydrogen (secondary N) is 2. The number of rotatable bonds is 4. The third-order valence-electron chi connectivity index (χ3n) is 6.01. The summed E-state index contributed by atoms with van der Waals surface area (Å²) in [5, 5.41) is 15.6. The molecule has 1 aromatic rings. The topological polar surface area (TPSA) is 61.4 Å². The Morgan fingerprint density at radius 3 is 2.74 bits per heavy atom. The molecule has 0 aliphatic heterocycles. The number of amides is 2. The SMILES string of the molecule is O=C(NC1CC1c1ccccc1F)NC1C2CCC(C2)C1CO. The molecule has 6 unspecified atom stereocenters. The standard InChI is InChI=1S/C18H23FN2O2/c19-15-4-2-1-3-12(15)13-8-16(13)20-18(23)21-17-11-6-5-10(7-11)14(17)9-22/h1-4,10-11,13-14,16-17,22H,5-9H2,(H2,20,21,23). The number of carbonyl (C=O) groups excluding carboxylic acids is 1. The van der Waals surface area contributed by atoms with Crippen LogP contribution >= 0.6 is 0 Å². The number of aliphatic hydroxyl groups excluding tert-OH is 1. The van der Waals surface area contributed by atoms with E-state index in [4.69, 9.17) is 0 Å². The normalized spacial score (nSPS) is 37.7. The van der Waals surface area contributed by atoms with Crippen LogP contribution in [0, 0.1) is 23.6 Å². The lowest BCUT2D eigenvalue weighted by Gasteiger charge is -2.30. The Morgan fingerprint density at radius 2 is 1.96 bits per heavy atom. The minimum atomic E-state index is -0.198. The number of urea groups is 1. The average Bonchev–Trinajstić information content (AvgIpc) is 3.00. The van der Waals surface area contributed by atoms with Crippen molar-refractivity contribution in [2.75, 3.05) is 6.61 Å². The Kier molecular flexibility index (Phi) is 3.76. The predicted octanol–water partition coefficient (Wildman–Crippen LogP) is 2.39. The van der Waals surface area contributed by atoms with Crippen molar-refractivity contribution < 1.29 is 14.3 Å². The van der Waals surface area contributed by atoms with E-state index in [2.05, 4.69) is 10.6 Å². The highest BCUT2D eigenvalue weighted by Crippen LogP contribution is 2.48. The van der Waals surface area contributed by atoms with E-state index in [0.717, 1.165) is 19.3 Å². The fourth-order valence-electron chi connectivity index (χ4n) is 4.73. The Hall–Kier alpha value is -1.62. The van der Waals surface area contributed by atoms with E-state index in [1.807, 2.05) is 6.07 Å². The summed E-state index contributed by atoms with van der Waals surface area (Å²) in [6, 6.07) is 6.69. The fourth-order valence-corrected chi connectivity index (χ4v) is 4.73. The molecule has 2 bridgehead atoms. The van der Waals surface area contributed by atoms with E-state index in [9.17, 15) is 14.3 Å². The van der Waals surface area contributed by atoms with Gasteiger partial charge < -0.3 is 15.7 Å². The molecule has 0 heterocycles. The fraction of sp³-hybridized carbons (Fsp3) is 0.611. The van der Waals surface area contributed by atoms with Crippen molar-refractivity contribution in [1.82, 2.24) is 10.6 Å².